The van der Waals surface area contributed by atoms with Gasteiger partial charge in [-0.25, -0.2) is 4.39 Å². The highest BCUT2D eigenvalue weighted by Crippen LogP contribution is 2.39. The van der Waals surface area contributed by atoms with Crippen molar-refractivity contribution in [3.8, 4) is 6.07 Å². The van der Waals surface area contributed by atoms with Crippen LogP contribution in [0.15, 0.2) is 54.5 Å². The van der Waals surface area contributed by atoms with Gasteiger partial charge in [0.15, 0.2) is 0 Å². The van der Waals surface area contributed by atoms with E-state index in [1.165, 1.54) is 12.1 Å². The lowest BCUT2D eigenvalue weighted by Gasteiger charge is -2.39. The summed E-state index contributed by atoms with van der Waals surface area (Å²) in [6.07, 6.45) is 6.47. The van der Waals surface area contributed by atoms with Gasteiger partial charge in [-0.2, -0.15) is 5.26 Å². The normalized spacial score (nSPS) is 21.7. The Balaban J connectivity index is 1.43. The maximum Gasteiger partial charge on any atom is 0.123 e. The molecule has 2 unspecified atom stereocenters. The molecule has 4 N–H and O–H groups in total. The summed E-state index contributed by atoms with van der Waals surface area (Å²) in [7, 11) is 7.09. The number of aromatic nitrogens is 1. The number of hydrazine groups is 2. The number of fused-ring (bicyclic) bond motifs is 1. The van der Waals surface area contributed by atoms with Gasteiger partial charge in [-0.1, -0.05) is 37.6 Å². The lowest BCUT2D eigenvalue weighted by molar-refractivity contribution is 0.00350. The van der Waals surface area contributed by atoms with Gasteiger partial charge in [0.05, 0.1) is 39.5 Å². The molecule has 40 heavy (non-hydrogen) atoms. The van der Waals surface area contributed by atoms with Crippen molar-refractivity contribution in [3.05, 3.63) is 76.5 Å². The van der Waals surface area contributed by atoms with Crippen molar-refractivity contribution < 1.29 is 9.13 Å². The van der Waals surface area contributed by atoms with E-state index in [0.29, 0.717) is 63.4 Å². The number of benzene rings is 2. The van der Waals surface area contributed by atoms with Gasteiger partial charge >= 0.3 is 0 Å². The third-order valence-corrected chi connectivity index (χ3v) is 8.21. The summed E-state index contributed by atoms with van der Waals surface area (Å²) in [5.74, 6) is -0.354. The van der Waals surface area contributed by atoms with Crippen molar-refractivity contribution in [2.75, 3.05) is 23.8 Å². The molecule has 1 saturated heterocycles. The Morgan fingerprint density at radius 1 is 1.25 bits per heavy atom. The number of ether oxygens (including phenoxy) is 1. The van der Waals surface area contributed by atoms with E-state index in [1.807, 2.05) is 17.3 Å². The number of nitrogens with one attached hydrogen (secondary N) is 4. The zero-order chi connectivity index (χ0) is 28.1. The fourth-order valence-corrected chi connectivity index (χ4v) is 5.62. The highest BCUT2D eigenvalue weighted by atomic mass is 35.5. The molecular formula is C29H30BClFN7O. The van der Waals surface area contributed by atoms with Crippen molar-refractivity contribution >= 4 is 41.7 Å². The molecule has 2 aromatic carbocycles. The molecule has 8 nitrogen and oxygen atoms in total. The van der Waals surface area contributed by atoms with Crippen molar-refractivity contribution in [3.63, 3.8) is 0 Å². The molecule has 0 spiro atoms. The minimum Gasteiger partial charge on any atom is -0.381 e. The Labute approximate surface area is 239 Å². The van der Waals surface area contributed by atoms with Gasteiger partial charge in [0.25, 0.3) is 0 Å². The zero-order valence-electron chi connectivity index (χ0n) is 22.4. The molecule has 204 valence electrons. The number of nitriles is 1. The van der Waals surface area contributed by atoms with Crippen LogP contribution in [-0.4, -0.2) is 43.1 Å². The van der Waals surface area contributed by atoms with Crippen molar-refractivity contribution in [1.29, 1.82) is 5.26 Å². The van der Waals surface area contributed by atoms with Crippen molar-refractivity contribution in [2.45, 2.75) is 50.6 Å². The largest absolute Gasteiger partial charge is 0.381 e. The molecule has 2 radical (unpaired) electrons. The smallest absolute Gasteiger partial charge is 0.123 e. The number of pyridine rings is 1. The van der Waals surface area contributed by atoms with Crippen molar-refractivity contribution in [2.24, 2.45) is 5.41 Å². The highest BCUT2D eigenvalue weighted by molar-refractivity contribution is 6.36. The quantitative estimate of drug-likeness (QED) is 0.305. The Hall–Kier alpha value is -3.52. The van der Waals surface area contributed by atoms with Crippen LogP contribution in [0.2, 0.25) is 5.02 Å². The predicted octanol–water partition coefficient (Wildman–Crippen LogP) is 4.89. The summed E-state index contributed by atoms with van der Waals surface area (Å²) < 4.78 is 19.6. The topological polar surface area (TPSA) is 97.3 Å². The van der Waals surface area contributed by atoms with Gasteiger partial charge in [0.1, 0.15) is 19.7 Å². The molecule has 1 aliphatic carbocycles. The molecule has 0 bridgehead atoms. The number of nitrogens with zero attached hydrogens (tertiary/aromatic N) is 3. The van der Waals surface area contributed by atoms with Gasteiger partial charge in [0.2, 0.25) is 0 Å². The summed E-state index contributed by atoms with van der Waals surface area (Å²) in [4.78, 5) is 4.50. The minimum atomic E-state index is -1.27. The highest BCUT2D eigenvalue weighted by Gasteiger charge is 2.38. The molecule has 1 saturated carbocycles. The maximum absolute atomic E-state index is 13.9. The standard InChI is InChI=1S/C29H30BClFN7O/c1-28(2)16-40-10-9-24(28)35-26-17(13-33)14-34-27-22(26)11-20(12-23(27)31)36-29(30,18-3-5-19(32)6-4-18)25-15-39(38-37-25)21-7-8-21/h3-6,11-12,14-15,21,24,36-38H,7-10,16H2,1-2H3,(H,34,35). The number of hydrogen-bond donors (Lipinski definition) is 4. The van der Waals surface area contributed by atoms with E-state index >= 15 is 0 Å². The Kier molecular flexibility index (Phi) is 6.77. The third-order valence-electron chi connectivity index (χ3n) is 7.93. The van der Waals surface area contributed by atoms with E-state index in [2.05, 4.69) is 46.5 Å². The number of halogens is 2. The second-order valence-electron chi connectivity index (χ2n) is 11.4. The van der Waals surface area contributed by atoms with E-state index < -0.39 is 5.44 Å². The van der Waals surface area contributed by atoms with E-state index in [4.69, 9.17) is 24.2 Å². The minimum absolute atomic E-state index is 0.0782. The first-order valence-electron chi connectivity index (χ1n) is 13.4. The summed E-state index contributed by atoms with van der Waals surface area (Å²) in [6, 6.07) is 12.5. The molecule has 3 aliphatic rings. The van der Waals surface area contributed by atoms with Gasteiger partial charge in [0, 0.05) is 47.6 Å². The number of hydrogen-bond acceptors (Lipinski definition) is 8. The van der Waals surface area contributed by atoms with Gasteiger partial charge in [-0.15, -0.1) is 5.53 Å². The molecule has 3 aromatic rings. The SMILES string of the molecule is [B]C(Nc1cc(Cl)c2ncc(C#N)c(NC3CCOCC3(C)C)c2c1)(C1=CN(C2CC2)NN1)c1ccc(F)cc1. The molecule has 1 aromatic heterocycles. The Bertz CT molecular complexity index is 1520. The molecule has 6 rings (SSSR count). The maximum atomic E-state index is 13.9. The average Bonchev–Trinajstić information content (AvgIpc) is 3.65. The first-order chi connectivity index (χ1) is 19.2. The van der Waals surface area contributed by atoms with E-state index in [1.54, 1.807) is 24.4 Å². The van der Waals surface area contributed by atoms with Crippen LogP contribution in [0.1, 0.15) is 44.2 Å². The van der Waals surface area contributed by atoms with Gasteiger partial charge in [-0.05, 0) is 49.1 Å². The summed E-state index contributed by atoms with van der Waals surface area (Å²) in [5, 5.41) is 20.1. The second kappa shape index (κ2) is 10.1. The molecule has 2 atom stereocenters. The zero-order valence-corrected chi connectivity index (χ0v) is 23.1. The molecule has 2 aliphatic heterocycles. The number of anilines is 2. The fraction of sp³-hybridized carbons (Fsp3) is 0.379. The molecule has 0 amide bonds. The van der Waals surface area contributed by atoms with Crippen molar-refractivity contribution in [1.82, 2.24) is 21.0 Å². The molecule has 3 heterocycles. The fourth-order valence-electron chi connectivity index (χ4n) is 5.36. The monoisotopic (exact) mass is 557 g/mol. The lowest BCUT2D eigenvalue weighted by Crippen LogP contribution is -2.45. The first kappa shape index (κ1) is 26.7. The van der Waals surface area contributed by atoms with Crippen LogP contribution in [0.3, 0.4) is 0 Å². The van der Waals surface area contributed by atoms with Crippen LogP contribution < -0.4 is 21.6 Å². The van der Waals surface area contributed by atoms with Gasteiger partial charge < -0.3 is 20.8 Å². The molecule has 11 heteroatoms. The third kappa shape index (κ3) is 4.94. The summed E-state index contributed by atoms with van der Waals surface area (Å²) >= 11 is 6.78. The number of rotatable bonds is 7. The van der Waals surface area contributed by atoms with Crippen LogP contribution in [0.4, 0.5) is 15.8 Å². The van der Waals surface area contributed by atoms with E-state index in [9.17, 15) is 9.65 Å². The summed E-state index contributed by atoms with van der Waals surface area (Å²) in [6.45, 7) is 5.55. The molecule has 2 fully saturated rings. The van der Waals surface area contributed by atoms with Crippen LogP contribution in [-0.2, 0) is 10.2 Å². The molecular weight excluding hydrogens is 528 g/mol. The lowest BCUT2D eigenvalue weighted by atomic mass is 9.69. The van der Waals surface area contributed by atoms with Crippen LogP contribution in [0.5, 0.6) is 0 Å². The van der Waals surface area contributed by atoms with Crippen LogP contribution in [0.25, 0.3) is 10.9 Å². The summed E-state index contributed by atoms with van der Waals surface area (Å²) in [5.41, 5.74) is 8.53. The average molecular weight is 558 g/mol. The Morgan fingerprint density at radius 2 is 2.02 bits per heavy atom. The Morgan fingerprint density at radius 3 is 2.73 bits per heavy atom. The van der Waals surface area contributed by atoms with E-state index in [-0.39, 0.29) is 17.3 Å². The van der Waals surface area contributed by atoms with Crippen LogP contribution >= 0.6 is 11.6 Å². The van der Waals surface area contributed by atoms with E-state index in [0.717, 1.165) is 19.3 Å². The first-order valence-corrected chi connectivity index (χ1v) is 13.8. The second-order valence-corrected chi connectivity index (χ2v) is 11.8. The van der Waals surface area contributed by atoms with Crippen LogP contribution in [0, 0.1) is 22.6 Å². The predicted molar refractivity (Wildman–Crippen MR) is 155 cm³/mol. The van der Waals surface area contributed by atoms with Gasteiger partial charge in [-0.3, -0.25) is 9.99 Å².